The molecule has 0 saturated carbocycles. The number of aromatic nitrogens is 2. The summed E-state index contributed by atoms with van der Waals surface area (Å²) in [5, 5.41) is 9.26. The van der Waals surface area contributed by atoms with Crippen molar-refractivity contribution in [3.8, 4) is 5.06 Å². The Morgan fingerprint density at radius 3 is 2.86 bits per heavy atom. The standard InChI is InChI=1S/C20H17FN4O2S/c21-14-3-1-13(2-4-14)5-9-24-20(26)27-19-17(8-12-28-19)25-16-7-11-23-18-15(16)6-10-22-18/h1-4,6-8,10-12H,5,9H2,(H,24,26)(H2,22,23,25). The van der Waals surface area contributed by atoms with Gasteiger partial charge in [0.2, 0.25) is 5.06 Å². The van der Waals surface area contributed by atoms with Gasteiger partial charge in [-0.3, -0.25) is 0 Å². The predicted molar refractivity (Wildman–Crippen MR) is 108 cm³/mol. The number of aromatic amines is 1. The molecule has 3 N–H and O–H groups in total. The van der Waals surface area contributed by atoms with E-state index in [0.29, 0.717) is 23.7 Å². The number of anilines is 2. The largest absolute Gasteiger partial charge is 0.413 e. The van der Waals surface area contributed by atoms with Crippen molar-refractivity contribution in [2.75, 3.05) is 11.9 Å². The van der Waals surface area contributed by atoms with Gasteiger partial charge in [-0.1, -0.05) is 12.1 Å². The molecule has 1 amide bonds. The normalized spacial score (nSPS) is 10.8. The summed E-state index contributed by atoms with van der Waals surface area (Å²) in [6.07, 6.45) is 3.58. The van der Waals surface area contributed by atoms with Crippen molar-refractivity contribution in [2.45, 2.75) is 6.42 Å². The summed E-state index contributed by atoms with van der Waals surface area (Å²) in [5.41, 5.74) is 3.29. The van der Waals surface area contributed by atoms with Crippen LogP contribution in [0.1, 0.15) is 5.56 Å². The second-order valence-electron chi connectivity index (χ2n) is 6.04. The molecule has 0 aliphatic rings. The van der Waals surface area contributed by atoms with Crippen molar-refractivity contribution in [3.63, 3.8) is 0 Å². The second-order valence-corrected chi connectivity index (χ2v) is 6.92. The van der Waals surface area contributed by atoms with Gasteiger partial charge in [0.05, 0.1) is 11.4 Å². The summed E-state index contributed by atoms with van der Waals surface area (Å²) in [6.45, 7) is 0.396. The Kier molecular flexibility index (Phi) is 5.20. The molecule has 28 heavy (non-hydrogen) atoms. The fourth-order valence-electron chi connectivity index (χ4n) is 2.76. The maximum absolute atomic E-state index is 12.9. The number of hydrogen-bond acceptors (Lipinski definition) is 5. The zero-order valence-corrected chi connectivity index (χ0v) is 15.6. The first kappa shape index (κ1) is 18.0. The Bertz CT molecular complexity index is 1090. The molecular formula is C20H17FN4O2S. The van der Waals surface area contributed by atoms with Gasteiger partial charge in [-0.25, -0.2) is 14.2 Å². The van der Waals surface area contributed by atoms with E-state index in [2.05, 4.69) is 20.6 Å². The number of benzene rings is 1. The van der Waals surface area contributed by atoms with Crippen LogP contribution in [0.3, 0.4) is 0 Å². The molecule has 4 aromatic rings. The lowest BCUT2D eigenvalue weighted by Crippen LogP contribution is -2.28. The van der Waals surface area contributed by atoms with E-state index in [0.717, 1.165) is 22.3 Å². The number of halogens is 1. The van der Waals surface area contributed by atoms with Crippen molar-refractivity contribution in [3.05, 3.63) is 71.6 Å². The van der Waals surface area contributed by atoms with E-state index in [1.54, 1.807) is 18.3 Å². The van der Waals surface area contributed by atoms with E-state index >= 15 is 0 Å². The molecule has 0 bridgehead atoms. The molecule has 0 aliphatic heterocycles. The number of rotatable bonds is 6. The molecule has 3 aromatic heterocycles. The summed E-state index contributed by atoms with van der Waals surface area (Å²) in [7, 11) is 0. The van der Waals surface area contributed by atoms with Crippen LogP contribution in [-0.4, -0.2) is 22.6 Å². The first-order valence-corrected chi connectivity index (χ1v) is 9.54. The Balaban J connectivity index is 1.35. The van der Waals surface area contributed by atoms with Gasteiger partial charge < -0.3 is 20.4 Å². The topological polar surface area (TPSA) is 79.0 Å². The molecule has 8 heteroatoms. The molecule has 0 aliphatic carbocycles. The Hall–Kier alpha value is -3.39. The summed E-state index contributed by atoms with van der Waals surface area (Å²) in [5.74, 6) is -0.278. The highest BCUT2D eigenvalue weighted by Crippen LogP contribution is 2.35. The molecule has 6 nitrogen and oxygen atoms in total. The van der Waals surface area contributed by atoms with Gasteiger partial charge in [-0.2, -0.15) is 0 Å². The van der Waals surface area contributed by atoms with Gasteiger partial charge >= 0.3 is 6.09 Å². The Morgan fingerprint density at radius 2 is 2.00 bits per heavy atom. The molecule has 0 atom stereocenters. The highest BCUT2D eigenvalue weighted by molar-refractivity contribution is 7.12. The number of pyridine rings is 1. The highest BCUT2D eigenvalue weighted by Gasteiger charge is 2.12. The molecule has 0 spiro atoms. The quantitative estimate of drug-likeness (QED) is 0.436. The molecule has 0 unspecified atom stereocenters. The minimum absolute atomic E-state index is 0.278. The SMILES string of the molecule is O=C(NCCc1ccc(F)cc1)Oc1sccc1Nc1ccnc2[nH]ccc12. The monoisotopic (exact) mass is 396 g/mol. The summed E-state index contributed by atoms with van der Waals surface area (Å²) >= 11 is 1.33. The zero-order chi connectivity index (χ0) is 19.3. The van der Waals surface area contributed by atoms with Crippen molar-refractivity contribution >= 4 is 39.8 Å². The molecule has 0 fully saturated rings. The Morgan fingerprint density at radius 1 is 1.14 bits per heavy atom. The van der Waals surface area contributed by atoms with E-state index in [1.165, 1.54) is 23.5 Å². The average Bonchev–Trinajstić information content (AvgIpc) is 3.33. The molecule has 0 radical (unpaired) electrons. The van der Waals surface area contributed by atoms with Gasteiger partial charge in [0.25, 0.3) is 0 Å². The molecule has 4 rings (SSSR count). The van der Waals surface area contributed by atoms with Gasteiger partial charge in [-0.15, -0.1) is 11.3 Å². The highest BCUT2D eigenvalue weighted by atomic mass is 32.1. The molecule has 3 heterocycles. The average molecular weight is 396 g/mol. The smallest absolute Gasteiger partial charge is 0.397 e. The van der Waals surface area contributed by atoms with Crippen LogP contribution in [0.15, 0.2) is 60.2 Å². The number of nitrogens with zero attached hydrogens (tertiary/aromatic N) is 1. The Labute approximate surface area is 164 Å². The lowest BCUT2D eigenvalue weighted by Gasteiger charge is -2.10. The summed E-state index contributed by atoms with van der Waals surface area (Å²) < 4.78 is 18.3. The first-order valence-electron chi connectivity index (χ1n) is 8.66. The zero-order valence-electron chi connectivity index (χ0n) is 14.7. The van der Waals surface area contributed by atoms with Gasteiger partial charge in [0.1, 0.15) is 11.5 Å². The van der Waals surface area contributed by atoms with Crippen LogP contribution in [0.5, 0.6) is 5.06 Å². The number of carbonyl (C=O) groups excluding carboxylic acids is 1. The second kappa shape index (κ2) is 8.10. The lowest BCUT2D eigenvalue weighted by molar-refractivity contribution is 0.202. The molecule has 142 valence electrons. The van der Waals surface area contributed by atoms with Crippen molar-refractivity contribution in [2.24, 2.45) is 0 Å². The third kappa shape index (κ3) is 4.12. The minimum atomic E-state index is -0.533. The van der Waals surface area contributed by atoms with E-state index in [9.17, 15) is 9.18 Å². The van der Waals surface area contributed by atoms with Crippen LogP contribution in [-0.2, 0) is 6.42 Å². The molecule has 0 saturated heterocycles. The maximum atomic E-state index is 12.9. The minimum Gasteiger partial charge on any atom is -0.397 e. The number of thiophene rings is 1. The van der Waals surface area contributed by atoms with Crippen LogP contribution >= 0.6 is 11.3 Å². The summed E-state index contributed by atoms with van der Waals surface area (Å²) in [4.78, 5) is 19.4. The van der Waals surface area contributed by atoms with Crippen LogP contribution in [0.25, 0.3) is 11.0 Å². The van der Waals surface area contributed by atoms with Crippen LogP contribution < -0.4 is 15.4 Å². The number of carbonyl (C=O) groups is 1. The van der Waals surface area contributed by atoms with E-state index < -0.39 is 6.09 Å². The fraction of sp³-hybridized carbons (Fsp3) is 0.100. The number of H-pyrrole nitrogens is 1. The number of nitrogens with one attached hydrogen (secondary N) is 3. The third-order valence-corrected chi connectivity index (χ3v) is 4.93. The summed E-state index contributed by atoms with van der Waals surface area (Å²) in [6, 6.07) is 11.8. The maximum Gasteiger partial charge on any atom is 0.413 e. The first-order chi connectivity index (χ1) is 13.7. The van der Waals surface area contributed by atoms with Crippen LogP contribution in [0.4, 0.5) is 20.6 Å². The van der Waals surface area contributed by atoms with E-state index in [1.807, 2.05) is 29.8 Å². The van der Waals surface area contributed by atoms with Gasteiger partial charge in [0.15, 0.2) is 0 Å². The number of amides is 1. The van der Waals surface area contributed by atoms with Crippen molar-refractivity contribution < 1.29 is 13.9 Å². The van der Waals surface area contributed by atoms with Gasteiger partial charge in [0, 0.05) is 24.3 Å². The molecule has 1 aromatic carbocycles. The van der Waals surface area contributed by atoms with E-state index in [4.69, 9.17) is 4.74 Å². The van der Waals surface area contributed by atoms with E-state index in [-0.39, 0.29) is 5.82 Å². The van der Waals surface area contributed by atoms with Crippen molar-refractivity contribution in [1.82, 2.24) is 15.3 Å². The number of ether oxygens (including phenoxy) is 1. The number of fused-ring (bicyclic) bond motifs is 1. The van der Waals surface area contributed by atoms with Gasteiger partial charge in [-0.05, 0) is 47.7 Å². The predicted octanol–water partition coefficient (Wildman–Crippen LogP) is 4.84. The fourth-order valence-corrected chi connectivity index (χ4v) is 3.46. The molecular weight excluding hydrogens is 379 g/mol. The van der Waals surface area contributed by atoms with Crippen LogP contribution in [0.2, 0.25) is 0 Å². The lowest BCUT2D eigenvalue weighted by atomic mass is 10.1. The van der Waals surface area contributed by atoms with Crippen LogP contribution in [0, 0.1) is 5.82 Å². The number of hydrogen-bond donors (Lipinski definition) is 3. The third-order valence-electron chi connectivity index (χ3n) is 4.14. The van der Waals surface area contributed by atoms with Crippen molar-refractivity contribution in [1.29, 1.82) is 0 Å².